The van der Waals surface area contributed by atoms with Crippen LogP contribution in [0.2, 0.25) is 0 Å². The zero-order chi connectivity index (χ0) is 18.8. The van der Waals surface area contributed by atoms with Gasteiger partial charge in [-0.05, 0) is 38.0 Å². The second kappa shape index (κ2) is 7.51. The van der Waals surface area contributed by atoms with Gasteiger partial charge in [0.2, 0.25) is 0 Å². The summed E-state index contributed by atoms with van der Waals surface area (Å²) in [6, 6.07) is 9.24. The predicted octanol–water partition coefficient (Wildman–Crippen LogP) is 6.16. The molecule has 0 bridgehead atoms. The van der Waals surface area contributed by atoms with Gasteiger partial charge in [-0.15, -0.1) is 0 Å². The van der Waals surface area contributed by atoms with Crippen molar-refractivity contribution in [3.05, 3.63) is 71.4 Å². The third-order valence-electron chi connectivity index (χ3n) is 5.01. The van der Waals surface area contributed by atoms with Crippen LogP contribution in [-0.2, 0) is 6.61 Å². The Kier molecular flexibility index (Phi) is 4.92. The zero-order valence-corrected chi connectivity index (χ0v) is 15.2. The maximum Gasteiger partial charge on any atom is 0.197 e. The Bertz CT molecular complexity index is 945. The van der Waals surface area contributed by atoms with Crippen molar-refractivity contribution in [3.8, 4) is 16.9 Å². The van der Waals surface area contributed by atoms with Crippen LogP contribution < -0.4 is 4.74 Å². The molecule has 0 atom stereocenters. The number of ether oxygens (including phenoxy) is 1. The number of para-hydroxylation sites is 1. The summed E-state index contributed by atoms with van der Waals surface area (Å²) in [4.78, 5) is 4.34. The monoisotopic (exact) mass is 369 g/mol. The number of nitrogens with zero attached hydrogens (tertiary/aromatic N) is 1. The molecule has 1 aliphatic carbocycles. The molecule has 5 heteroatoms. The molecule has 0 amide bonds. The van der Waals surface area contributed by atoms with Crippen molar-refractivity contribution in [2.75, 3.05) is 0 Å². The molecule has 1 aromatic heterocycles. The quantitative estimate of drug-likeness (QED) is 0.540. The summed E-state index contributed by atoms with van der Waals surface area (Å²) in [7, 11) is 0. The highest BCUT2D eigenvalue weighted by Crippen LogP contribution is 2.36. The van der Waals surface area contributed by atoms with E-state index in [0.717, 1.165) is 24.3 Å². The maximum atomic E-state index is 14.4. The Balaban J connectivity index is 1.58. The van der Waals surface area contributed by atoms with Crippen LogP contribution >= 0.6 is 0 Å². The summed E-state index contributed by atoms with van der Waals surface area (Å²) in [5.74, 6) is 0.688. The van der Waals surface area contributed by atoms with Gasteiger partial charge in [-0.1, -0.05) is 36.6 Å². The Hall–Kier alpha value is -2.69. The van der Waals surface area contributed by atoms with E-state index in [2.05, 4.69) is 4.98 Å². The standard InChI is InChI=1S/C22H21F2NO2/c1-14-9-10-19(23)18(11-14)17-7-4-8-20(24)21(17)26-13-16-12-25-22(27-16)15-5-2-3-6-15/h4,7-12,15H,2-3,5-6,13H2,1H3. The average Bonchev–Trinajstić information content (AvgIpc) is 3.34. The second-order valence-electron chi connectivity index (χ2n) is 7.03. The van der Waals surface area contributed by atoms with Gasteiger partial charge in [0.25, 0.3) is 0 Å². The molecule has 3 aromatic rings. The normalized spacial score (nSPS) is 14.6. The lowest BCUT2D eigenvalue weighted by Gasteiger charge is -2.13. The fraction of sp³-hybridized carbons (Fsp3) is 0.318. The average molecular weight is 369 g/mol. The first-order valence-electron chi connectivity index (χ1n) is 9.24. The van der Waals surface area contributed by atoms with Crippen molar-refractivity contribution in [3.63, 3.8) is 0 Å². The highest BCUT2D eigenvalue weighted by molar-refractivity contribution is 5.71. The number of oxazole rings is 1. The third kappa shape index (κ3) is 3.72. The minimum Gasteiger partial charge on any atom is -0.482 e. The third-order valence-corrected chi connectivity index (χ3v) is 5.01. The van der Waals surface area contributed by atoms with Gasteiger partial charge in [0.15, 0.2) is 23.2 Å². The number of aryl methyl sites for hydroxylation is 1. The molecule has 0 aliphatic heterocycles. The van der Waals surface area contributed by atoms with Gasteiger partial charge in [0.1, 0.15) is 12.4 Å². The molecular formula is C22H21F2NO2. The van der Waals surface area contributed by atoms with Crippen molar-refractivity contribution in [1.82, 2.24) is 4.98 Å². The van der Waals surface area contributed by atoms with Gasteiger partial charge in [-0.2, -0.15) is 0 Å². The first-order chi connectivity index (χ1) is 13.1. The van der Waals surface area contributed by atoms with Crippen molar-refractivity contribution in [1.29, 1.82) is 0 Å². The molecule has 0 spiro atoms. The molecule has 27 heavy (non-hydrogen) atoms. The largest absolute Gasteiger partial charge is 0.482 e. The lowest BCUT2D eigenvalue weighted by Crippen LogP contribution is -1.99. The van der Waals surface area contributed by atoms with Crippen LogP contribution in [0.5, 0.6) is 5.75 Å². The topological polar surface area (TPSA) is 35.3 Å². The molecule has 0 radical (unpaired) electrons. The van der Waals surface area contributed by atoms with Gasteiger partial charge < -0.3 is 9.15 Å². The minimum absolute atomic E-state index is 0.0146. The van der Waals surface area contributed by atoms with Crippen molar-refractivity contribution in [2.45, 2.75) is 45.1 Å². The molecule has 140 valence electrons. The number of hydrogen-bond donors (Lipinski definition) is 0. The molecule has 0 N–H and O–H groups in total. The van der Waals surface area contributed by atoms with Gasteiger partial charge in [-0.3, -0.25) is 0 Å². The molecule has 0 saturated heterocycles. The number of hydrogen-bond acceptors (Lipinski definition) is 3. The van der Waals surface area contributed by atoms with E-state index in [9.17, 15) is 8.78 Å². The Morgan fingerprint density at radius 1 is 1.07 bits per heavy atom. The van der Waals surface area contributed by atoms with Gasteiger partial charge in [-0.25, -0.2) is 13.8 Å². The Morgan fingerprint density at radius 2 is 1.89 bits per heavy atom. The van der Waals surface area contributed by atoms with Crippen molar-refractivity contribution < 1.29 is 17.9 Å². The van der Waals surface area contributed by atoms with E-state index < -0.39 is 11.6 Å². The molecule has 1 saturated carbocycles. The molecule has 1 fully saturated rings. The number of benzene rings is 2. The van der Waals surface area contributed by atoms with Crippen LogP contribution in [-0.4, -0.2) is 4.98 Å². The molecule has 4 rings (SSSR count). The number of rotatable bonds is 5. The second-order valence-corrected chi connectivity index (χ2v) is 7.03. The van der Waals surface area contributed by atoms with Crippen molar-refractivity contribution >= 4 is 0 Å². The molecule has 3 nitrogen and oxygen atoms in total. The van der Waals surface area contributed by atoms with E-state index in [1.54, 1.807) is 30.5 Å². The van der Waals surface area contributed by atoms with E-state index in [1.807, 2.05) is 6.92 Å². The van der Waals surface area contributed by atoms with Crippen LogP contribution in [0.4, 0.5) is 8.78 Å². The molecule has 1 heterocycles. The van der Waals surface area contributed by atoms with E-state index in [1.165, 1.54) is 25.0 Å². The zero-order valence-electron chi connectivity index (χ0n) is 15.2. The first kappa shape index (κ1) is 17.7. The summed E-state index contributed by atoms with van der Waals surface area (Å²) in [6.45, 7) is 1.91. The number of aromatic nitrogens is 1. The summed E-state index contributed by atoms with van der Waals surface area (Å²) in [6.07, 6.45) is 6.19. The lowest BCUT2D eigenvalue weighted by atomic mass is 10.0. The first-order valence-corrected chi connectivity index (χ1v) is 9.24. The van der Waals surface area contributed by atoms with Crippen molar-refractivity contribution in [2.24, 2.45) is 0 Å². The van der Waals surface area contributed by atoms with Crippen LogP contribution in [0.15, 0.2) is 47.0 Å². The minimum atomic E-state index is -0.538. The smallest absolute Gasteiger partial charge is 0.197 e. The summed E-state index contributed by atoms with van der Waals surface area (Å²) in [5, 5.41) is 0. The van der Waals surface area contributed by atoms with E-state index in [-0.39, 0.29) is 12.4 Å². The maximum absolute atomic E-state index is 14.4. The highest BCUT2D eigenvalue weighted by Gasteiger charge is 2.22. The fourth-order valence-corrected chi connectivity index (χ4v) is 3.61. The van der Waals surface area contributed by atoms with Crippen LogP contribution in [0.25, 0.3) is 11.1 Å². The molecule has 1 aliphatic rings. The summed E-state index contributed by atoms with van der Waals surface area (Å²) >= 11 is 0. The predicted molar refractivity (Wildman–Crippen MR) is 98.6 cm³/mol. The molecule has 0 unspecified atom stereocenters. The van der Waals surface area contributed by atoms with E-state index in [0.29, 0.717) is 22.8 Å². The Morgan fingerprint density at radius 3 is 2.70 bits per heavy atom. The van der Waals surface area contributed by atoms with Crippen LogP contribution in [0.3, 0.4) is 0 Å². The lowest BCUT2D eigenvalue weighted by molar-refractivity contribution is 0.253. The van der Waals surface area contributed by atoms with Gasteiger partial charge in [0, 0.05) is 17.0 Å². The van der Waals surface area contributed by atoms with E-state index in [4.69, 9.17) is 9.15 Å². The van der Waals surface area contributed by atoms with Crippen LogP contribution in [0, 0.1) is 18.6 Å². The van der Waals surface area contributed by atoms with Gasteiger partial charge in [0.05, 0.1) is 6.20 Å². The summed E-state index contributed by atoms with van der Waals surface area (Å²) < 4.78 is 40.2. The Labute approximate surface area is 157 Å². The molecule has 2 aromatic carbocycles. The number of halogens is 2. The highest BCUT2D eigenvalue weighted by atomic mass is 19.1. The fourth-order valence-electron chi connectivity index (χ4n) is 3.61. The van der Waals surface area contributed by atoms with E-state index >= 15 is 0 Å². The van der Waals surface area contributed by atoms with Gasteiger partial charge >= 0.3 is 0 Å². The SMILES string of the molecule is Cc1ccc(F)c(-c2cccc(F)c2OCc2cnc(C3CCCC3)o2)c1. The summed E-state index contributed by atoms with van der Waals surface area (Å²) in [5.41, 5.74) is 1.58. The van der Waals surface area contributed by atoms with Crippen LogP contribution in [0.1, 0.15) is 48.8 Å². The molecular weight excluding hydrogens is 348 g/mol.